The van der Waals surface area contributed by atoms with Crippen molar-refractivity contribution in [3.63, 3.8) is 0 Å². The fourth-order valence-corrected chi connectivity index (χ4v) is 5.07. The van der Waals surface area contributed by atoms with Gasteiger partial charge in [0.15, 0.2) is 0 Å². The summed E-state index contributed by atoms with van der Waals surface area (Å²) >= 11 is 6.46. The third-order valence-electron chi connectivity index (χ3n) is 7.15. The number of aromatic nitrogens is 2. The highest BCUT2D eigenvalue weighted by Gasteiger charge is 2.36. The summed E-state index contributed by atoms with van der Waals surface area (Å²) in [5.74, 6) is 0.376. The molecule has 5 rings (SSSR count). The Morgan fingerprint density at radius 1 is 1.20 bits per heavy atom. The van der Waals surface area contributed by atoms with Crippen LogP contribution in [0.15, 0.2) is 24.4 Å². The first-order valence-corrected chi connectivity index (χ1v) is 12.6. The van der Waals surface area contributed by atoms with Crippen LogP contribution in [0.3, 0.4) is 0 Å². The molecule has 2 amide bonds. The van der Waals surface area contributed by atoms with Crippen molar-refractivity contribution in [2.75, 3.05) is 51.8 Å². The third-order valence-corrected chi connectivity index (χ3v) is 7.43. The molecule has 2 aromatic rings. The molecule has 1 aromatic carbocycles. The molecule has 1 aromatic heterocycles. The number of fused-ring (bicyclic) bond motifs is 1. The molecule has 3 aliphatic rings. The van der Waals surface area contributed by atoms with Crippen LogP contribution >= 0.6 is 11.6 Å². The van der Waals surface area contributed by atoms with Crippen molar-refractivity contribution in [1.29, 1.82) is 0 Å². The molecule has 0 spiro atoms. The van der Waals surface area contributed by atoms with E-state index in [1.807, 2.05) is 30.0 Å². The van der Waals surface area contributed by atoms with Crippen molar-refractivity contribution in [3.8, 4) is 11.3 Å². The summed E-state index contributed by atoms with van der Waals surface area (Å²) in [6.45, 7) is 6.76. The fraction of sp³-hybridized carbons (Fsp3) is 0.520. The summed E-state index contributed by atoms with van der Waals surface area (Å²) in [7, 11) is 2.05. The number of piperazine rings is 1. The predicted octanol–water partition coefficient (Wildman–Crippen LogP) is 2.51. The molecule has 0 radical (unpaired) electrons. The largest absolute Gasteiger partial charge is 0.381 e. The van der Waals surface area contributed by atoms with Gasteiger partial charge in [0.25, 0.3) is 5.91 Å². The Morgan fingerprint density at radius 3 is 2.69 bits per heavy atom. The Kier molecular flexibility index (Phi) is 6.91. The molecule has 1 atom stereocenters. The lowest BCUT2D eigenvalue weighted by atomic mass is 10.0. The molecular weight excluding hydrogens is 468 g/mol. The lowest BCUT2D eigenvalue weighted by Crippen LogP contribution is -2.53. The minimum atomic E-state index is -0.514. The zero-order chi connectivity index (χ0) is 24.5. The number of nitrogens with one attached hydrogen (secondary N) is 1. The molecule has 0 aliphatic carbocycles. The van der Waals surface area contributed by atoms with Gasteiger partial charge in [-0.3, -0.25) is 9.59 Å². The number of hydrogen-bond acceptors (Lipinski definition) is 7. The Balaban J connectivity index is 1.33. The van der Waals surface area contributed by atoms with Crippen molar-refractivity contribution in [2.45, 2.75) is 38.4 Å². The normalized spacial score (nSPS) is 20.1. The van der Waals surface area contributed by atoms with Crippen LogP contribution in [-0.2, 0) is 16.1 Å². The highest BCUT2D eigenvalue weighted by atomic mass is 35.5. The molecule has 4 heterocycles. The van der Waals surface area contributed by atoms with Crippen molar-refractivity contribution in [3.05, 3.63) is 40.5 Å². The summed E-state index contributed by atoms with van der Waals surface area (Å²) in [5, 5.41) is 3.79. The van der Waals surface area contributed by atoms with Crippen LogP contribution in [0.2, 0.25) is 5.02 Å². The van der Waals surface area contributed by atoms with Gasteiger partial charge in [0, 0.05) is 63.1 Å². The van der Waals surface area contributed by atoms with E-state index < -0.39 is 6.04 Å². The minimum Gasteiger partial charge on any atom is -0.381 e. The number of benzene rings is 1. The van der Waals surface area contributed by atoms with E-state index in [1.54, 1.807) is 11.1 Å². The monoisotopic (exact) mass is 498 g/mol. The van der Waals surface area contributed by atoms with E-state index in [2.05, 4.69) is 27.2 Å². The van der Waals surface area contributed by atoms with Crippen LogP contribution in [0.1, 0.15) is 35.7 Å². The number of anilines is 1. The first-order chi connectivity index (χ1) is 16.9. The Labute approximate surface area is 210 Å². The van der Waals surface area contributed by atoms with Crippen molar-refractivity contribution >= 4 is 29.4 Å². The number of amides is 2. The van der Waals surface area contributed by atoms with Crippen LogP contribution in [0, 0.1) is 0 Å². The van der Waals surface area contributed by atoms with Crippen LogP contribution in [-0.4, -0.2) is 95.0 Å². The average molecular weight is 499 g/mol. The number of nitrogens with zero attached hydrogens (tertiary/aromatic N) is 5. The molecule has 0 saturated carbocycles. The molecule has 1 N–H and O–H groups in total. The Bertz CT molecular complexity index is 1110. The van der Waals surface area contributed by atoms with E-state index in [-0.39, 0.29) is 17.9 Å². The molecular formula is C25H31ClN6O3. The Hall–Kier alpha value is -2.75. The van der Waals surface area contributed by atoms with Gasteiger partial charge in [-0.25, -0.2) is 9.97 Å². The minimum absolute atomic E-state index is 0.00199. The SMILES string of the molecule is CC(C(=O)N1CCN(C)CC1)N1Cc2ccc(-c3nc(NC4CCOCC4)ncc3Cl)cc2C1=O. The van der Waals surface area contributed by atoms with Crippen LogP contribution < -0.4 is 5.32 Å². The third kappa shape index (κ3) is 4.98. The Morgan fingerprint density at radius 2 is 1.94 bits per heavy atom. The number of carbonyl (C=O) groups is 2. The zero-order valence-electron chi connectivity index (χ0n) is 20.2. The smallest absolute Gasteiger partial charge is 0.255 e. The van der Waals surface area contributed by atoms with E-state index >= 15 is 0 Å². The lowest BCUT2D eigenvalue weighted by molar-refractivity contribution is -0.137. The van der Waals surface area contributed by atoms with Crippen LogP contribution in [0.4, 0.5) is 5.95 Å². The molecule has 3 aliphatic heterocycles. The predicted molar refractivity (Wildman–Crippen MR) is 133 cm³/mol. The number of halogens is 1. The molecule has 186 valence electrons. The van der Waals surface area contributed by atoms with Gasteiger partial charge < -0.3 is 24.8 Å². The van der Waals surface area contributed by atoms with Gasteiger partial charge >= 0.3 is 0 Å². The van der Waals surface area contributed by atoms with E-state index in [1.165, 1.54) is 0 Å². The summed E-state index contributed by atoms with van der Waals surface area (Å²) in [5.41, 5.74) is 2.82. The van der Waals surface area contributed by atoms with E-state index in [0.717, 1.165) is 50.3 Å². The highest BCUT2D eigenvalue weighted by molar-refractivity contribution is 6.33. The fourth-order valence-electron chi connectivity index (χ4n) is 4.87. The maximum absolute atomic E-state index is 13.3. The maximum Gasteiger partial charge on any atom is 0.255 e. The number of carbonyl (C=O) groups excluding carboxylic acids is 2. The lowest BCUT2D eigenvalue weighted by Gasteiger charge is -2.35. The first kappa shape index (κ1) is 24.0. The topological polar surface area (TPSA) is 90.9 Å². The van der Waals surface area contributed by atoms with Crippen molar-refractivity contribution in [2.24, 2.45) is 0 Å². The van der Waals surface area contributed by atoms with Gasteiger partial charge in [-0.1, -0.05) is 23.7 Å². The van der Waals surface area contributed by atoms with E-state index in [4.69, 9.17) is 16.3 Å². The summed E-state index contributed by atoms with van der Waals surface area (Å²) in [6, 6.07) is 5.43. The van der Waals surface area contributed by atoms with Gasteiger partial charge in [-0.2, -0.15) is 0 Å². The highest BCUT2D eigenvalue weighted by Crippen LogP contribution is 2.32. The van der Waals surface area contributed by atoms with Crippen LogP contribution in [0.5, 0.6) is 0 Å². The van der Waals surface area contributed by atoms with Crippen molar-refractivity contribution < 1.29 is 14.3 Å². The number of ether oxygens (including phenoxy) is 1. The molecule has 0 bridgehead atoms. The number of likely N-dealkylation sites (N-methyl/N-ethyl adjacent to an activating group) is 1. The van der Waals surface area contributed by atoms with Gasteiger partial charge in [0.2, 0.25) is 11.9 Å². The molecule has 2 fully saturated rings. The summed E-state index contributed by atoms with van der Waals surface area (Å²) in [4.78, 5) is 41.1. The van der Waals surface area contributed by atoms with Crippen molar-refractivity contribution in [1.82, 2.24) is 24.7 Å². The number of hydrogen-bond donors (Lipinski definition) is 1. The molecule has 1 unspecified atom stereocenters. The van der Waals surface area contributed by atoms with Gasteiger partial charge in [0.05, 0.1) is 16.9 Å². The maximum atomic E-state index is 13.3. The van der Waals surface area contributed by atoms with Gasteiger partial charge in [-0.05, 0) is 38.4 Å². The summed E-state index contributed by atoms with van der Waals surface area (Å²) in [6.07, 6.45) is 3.38. The standard InChI is InChI=1S/C25H31ClN6O3/c1-16(23(33)31-9-7-30(2)8-10-31)32-15-18-4-3-17(13-20(18)24(32)34)22-21(26)14-27-25(29-22)28-19-5-11-35-12-6-19/h3-4,13-14,16,19H,5-12,15H2,1-2H3,(H,27,28,29). The van der Waals surface area contributed by atoms with Crippen LogP contribution in [0.25, 0.3) is 11.3 Å². The molecule has 2 saturated heterocycles. The number of rotatable bonds is 5. The second-order valence-electron chi connectivity index (χ2n) is 9.53. The van der Waals surface area contributed by atoms with E-state index in [9.17, 15) is 9.59 Å². The summed E-state index contributed by atoms with van der Waals surface area (Å²) < 4.78 is 5.42. The molecule has 10 heteroatoms. The van der Waals surface area contributed by atoms with Gasteiger partial charge in [0.1, 0.15) is 6.04 Å². The quantitative estimate of drug-likeness (QED) is 0.677. The van der Waals surface area contributed by atoms with Gasteiger partial charge in [-0.15, -0.1) is 0 Å². The second-order valence-corrected chi connectivity index (χ2v) is 9.94. The first-order valence-electron chi connectivity index (χ1n) is 12.2. The zero-order valence-corrected chi connectivity index (χ0v) is 20.9. The average Bonchev–Trinajstić information content (AvgIpc) is 3.21. The molecule has 9 nitrogen and oxygen atoms in total. The molecule has 35 heavy (non-hydrogen) atoms. The second kappa shape index (κ2) is 10.1. The van der Waals surface area contributed by atoms with E-state index in [0.29, 0.717) is 41.9 Å².